The van der Waals surface area contributed by atoms with Crippen LogP contribution in [0.5, 0.6) is 34.5 Å². The van der Waals surface area contributed by atoms with Gasteiger partial charge in [0, 0.05) is 124 Å². The molecule has 0 unspecified atom stereocenters. The first-order chi connectivity index (χ1) is 50.2. The van der Waals surface area contributed by atoms with Gasteiger partial charge in [0.2, 0.25) is 29.3 Å². The van der Waals surface area contributed by atoms with Crippen molar-refractivity contribution >= 4 is 160 Å². The Morgan fingerprint density at radius 1 is 0.486 bits per heavy atom. The molecule has 0 bridgehead atoms. The molecule has 0 saturated heterocycles. The van der Waals surface area contributed by atoms with Crippen LogP contribution in [-0.2, 0) is 61.2 Å². The highest BCUT2D eigenvalue weighted by Crippen LogP contribution is 2.46. The highest BCUT2D eigenvalue weighted by atomic mass is 35.5. The van der Waals surface area contributed by atoms with Crippen molar-refractivity contribution in [2.45, 2.75) is 25.7 Å². The van der Waals surface area contributed by atoms with E-state index in [-0.39, 0.29) is 105 Å². The number of benzene rings is 3. The molecule has 0 radical (unpaired) electrons. The number of fused-ring (bicyclic) bond motifs is 3. The number of methoxy groups -OCH3 is 6. The number of allylic oxidation sites excluding steroid dienone is 1. The highest BCUT2D eigenvalue weighted by Gasteiger charge is 2.31. The van der Waals surface area contributed by atoms with E-state index in [9.17, 15) is 28.8 Å². The molecule has 0 aliphatic heterocycles. The standard InChI is InChI=1S/C25H22Cl2N4O4.C24H20Cl2N4O5.C24H20Cl2N4O4S/c1-5-21(32)29-18-12-31(2)30-17(18)9-16-8-13-6-14(7-15(13)11-28-16)25(33)22-23(26)19(34-3)10-20(35-4)24(22)27;2*1-5-20(31)28-15-11-30(2)29-14(15)8-13-6-12-7-18(35-19(12)10-27-13)24(32)21-22(25)16(33-3)9-17(34-4)23(21)26/h5-6,8,10-12H,1,7,9H2,2-4H3,(H,29,32);2*5-7,9-11H,1,8H2,2-4H3,(H,28,31). The molecule has 105 heavy (non-hydrogen) atoms. The number of furan rings is 1. The van der Waals surface area contributed by atoms with E-state index in [1.165, 1.54) is 90.6 Å². The molecular formula is C73H62Cl6N12O13S. The number of aromatic nitrogens is 9. The first-order valence-electron chi connectivity index (χ1n) is 31.0. The Labute approximate surface area is 633 Å². The van der Waals surface area contributed by atoms with Crippen LogP contribution in [-0.4, -0.2) is 122 Å². The quantitative estimate of drug-likeness (QED) is 0.0374. The largest absolute Gasteiger partial charge is 0.495 e. The lowest BCUT2D eigenvalue weighted by molar-refractivity contribution is -0.112. The number of pyridine rings is 3. The molecule has 540 valence electrons. The molecule has 1 aliphatic rings. The van der Waals surface area contributed by atoms with Crippen molar-refractivity contribution in [3.8, 4) is 34.5 Å². The number of thiophene rings is 1. The van der Waals surface area contributed by atoms with E-state index in [1.54, 1.807) is 96.5 Å². The van der Waals surface area contributed by atoms with E-state index in [2.05, 4.69) is 65.9 Å². The van der Waals surface area contributed by atoms with E-state index < -0.39 is 5.78 Å². The minimum absolute atomic E-state index is 0.00728. The molecule has 8 aromatic heterocycles. The van der Waals surface area contributed by atoms with Gasteiger partial charge in [-0.05, 0) is 71.1 Å². The van der Waals surface area contributed by atoms with Crippen LogP contribution in [0.15, 0.2) is 134 Å². The van der Waals surface area contributed by atoms with Gasteiger partial charge in [-0.25, -0.2) is 0 Å². The van der Waals surface area contributed by atoms with Gasteiger partial charge < -0.3 is 48.8 Å². The van der Waals surface area contributed by atoms with Gasteiger partial charge in [0.25, 0.3) is 0 Å². The average molecular weight is 1560 g/mol. The van der Waals surface area contributed by atoms with Crippen LogP contribution in [0.3, 0.4) is 0 Å². The van der Waals surface area contributed by atoms with Gasteiger partial charge in [-0.3, -0.25) is 57.8 Å². The fourth-order valence-corrected chi connectivity index (χ4v) is 13.9. The molecule has 0 atom stereocenters. The summed E-state index contributed by atoms with van der Waals surface area (Å²) >= 11 is 39.8. The van der Waals surface area contributed by atoms with Crippen molar-refractivity contribution in [2.75, 3.05) is 58.6 Å². The van der Waals surface area contributed by atoms with Gasteiger partial charge in [-0.1, -0.05) is 89.3 Å². The Bertz CT molecular complexity index is 5080. The van der Waals surface area contributed by atoms with Crippen LogP contribution >= 0.6 is 80.9 Å². The fraction of sp³-hybridized carbons (Fsp3) is 0.178. The Morgan fingerprint density at radius 3 is 1.27 bits per heavy atom. The van der Waals surface area contributed by atoms with Crippen molar-refractivity contribution in [1.29, 1.82) is 0 Å². The Morgan fingerprint density at radius 2 is 0.857 bits per heavy atom. The predicted molar refractivity (Wildman–Crippen MR) is 404 cm³/mol. The fourth-order valence-electron chi connectivity index (χ4n) is 10.9. The number of ether oxygens (including phenoxy) is 6. The number of nitrogens with one attached hydrogen (secondary N) is 3. The molecule has 8 heterocycles. The third-order valence-corrected chi connectivity index (χ3v) is 19.3. The van der Waals surface area contributed by atoms with Crippen LogP contribution in [0.2, 0.25) is 30.1 Å². The van der Waals surface area contributed by atoms with Crippen LogP contribution < -0.4 is 44.4 Å². The van der Waals surface area contributed by atoms with E-state index in [1.807, 2.05) is 12.1 Å². The summed E-state index contributed by atoms with van der Waals surface area (Å²) < 4.78 is 43.0. The van der Waals surface area contributed by atoms with Gasteiger partial charge in [0.05, 0.1) is 139 Å². The number of aryl methyl sites for hydroxylation is 3. The molecule has 3 aromatic carbocycles. The number of carbonyl (C=O) groups is 6. The second-order valence-electron chi connectivity index (χ2n) is 22.8. The van der Waals surface area contributed by atoms with Gasteiger partial charge in [-0.15, -0.1) is 11.3 Å². The molecular weight excluding hydrogens is 1500 g/mol. The molecule has 0 fully saturated rings. The third kappa shape index (κ3) is 16.9. The van der Waals surface area contributed by atoms with Gasteiger partial charge in [-0.2, -0.15) is 15.3 Å². The summed E-state index contributed by atoms with van der Waals surface area (Å²) in [4.78, 5) is 89.2. The number of ketones is 3. The number of rotatable bonds is 24. The lowest BCUT2D eigenvalue weighted by Crippen LogP contribution is -2.09. The highest BCUT2D eigenvalue weighted by molar-refractivity contribution is 7.21. The van der Waals surface area contributed by atoms with Crippen molar-refractivity contribution in [2.24, 2.45) is 21.1 Å². The topological polar surface area (TPSA) is 299 Å². The third-order valence-electron chi connectivity index (χ3n) is 15.9. The molecule has 32 heteroatoms. The molecule has 0 saturated carbocycles. The molecule has 12 rings (SSSR count). The number of Topliss-reactive ketones (excluding diaryl/α,β-unsaturated/α-hetero) is 1. The maximum absolute atomic E-state index is 13.4. The van der Waals surface area contributed by atoms with Crippen molar-refractivity contribution in [1.82, 2.24) is 44.3 Å². The number of hydrogen-bond acceptors (Lipinski definition) is 20. The molecule has 3 N–H and O–H groups in total. The number of hydrogen-bond donors (Lipinski definition) is 3. The SMILES string of the molecule is C=CC(=O)Nc1cn(C)nc1Cc1cc2c(cn1)CC(C(=O)c1c(Cl)c(OC)cc(OC)c1Cl)=C2.C=CC(=O)Nc1cn(C)nc1Cc1cc2cc(C(=O)c3c(Cl)c(OC)cc(OC)c3Cl)oc2cn1.C=CC(=O)Nc1cn(C)nc1Cc1cc2cc(C(=O)c3c(Cl)c(OC)cc(OC)c3Cl)sc2cn1. The maximum atomic E-state index is 13.4. The number of carbonyl (C=O) groups excluding carboxylic acids is 6. The number of halogens is 6. The van der Waals surface area contributed by atoms with E-state index in [0.717, 1.165) is 32.6 Å². The molecule has 3 amide bonds. The second-order valence-corrected chi connectivity index (χ2v) is 26.2. The number of amides is 3. The Balaban J connectivity index is 0.000000169. The minimum atomic E-state index is -0.533. The number of anilines is 3. The summed E-state index contributed by atoms with van der Waals surface area (Å²) in [5.41, 5.74) is 8.73. The lowest BCUT2D eigenvalue weighted by atomic mass is 10.0. The molecule has 11 aromatic rings. The normalized spacial score (nSPS) is 11.3. The second kappa shape index (κ2) is 33.3. The Hall–Kier alpha value is -10.8. The monoisotopic (exact) mass is 1560 g/mol. The number of nitrogens with zero attached hydrogens (tertiary/aromatic N) is 9. The molecule has 25 nitrogen and oxygen atoms in total. The smallest absolute Gasteiger partial charge is 0.247 e. The van der Waals surface area contributed by atoms with Crippen molar-refractivity contribution in [3.05, 3.63) is 232 Å². The first-order valence-corrected chi connectivity index (χ1v) is 34.1. The summed E-state index contributed by atoms with van der Waals surface area (Å²) in [6, 6.07) is 13.5. The zero-order valence-electron chi connectivity index (χ0n) is 57.4. The molecule has 0 spiro atoms. The first kappa shape index (κ1) is 76.8. The lowest BCUT2D eigenvalue weighted by Gasteiger charge is -2.14. The average Bonchev–Trinajstić information content (AvgIpc) is 1.75. The van der Waals surface area contributed by atoms with Crippen molar-refractivity contribution < 1.29 is 61.6 Å². The minimum Gasteiger partial charge on any atom is -0.495 e. The predicted octanol–water partition coefficient (Wildman–Crippen LogP) is 14.8. The van der Waals surface area contributed by atoms with Gasteiger partial charge in [0.15, 0.2) is 17.1 Å². The van der Waals surface area contributed by atoms with Gasteiger partial charge >= 0.3 is 0 Å². The zero-order valence-corrected chi connectivity index (χ0v) is 62.7. The molecule has 1 aliphatic carbocycles. The van der Waals surface area contributed by atoms with Gasteiger partial charge in [0.1, 0.15) is 34.5 Å². The zero-order chi connectivity index (χ0) is 75.8. The van der Waals surface area contributed by atoms with Crippen LogP contribution in [0.25, 0.3) is 27.1 Å². The Kier molecular flexibility index (Phi) is 24.3. The summed E-state index contributed by atoms with van der Waals surface area (Å²) in [7, 11) is 13.9. The summed E-state index contributed by atoms with van der Waals surface area (Å²) in [6.45, 7) is 10.4. The van der Waals surface area contributed by atoms with E-state index in [0.29, 0.717) is 98.4 Å². The van der Waals surface area contributed by atoms with E-state index >= 15 is 0 Å². The van der Waals surface area contributed by atoms with Crippen LogP contribution in [0.1, 0.15) is 87.0 Å². The van der Waals surface area contributed by atoms with Crippen LogP contribution in [0, 0.1) is 0 Å². The summed E-state index contributed by atoms with van der Waals surface area (Å²) in [5.74, 6) is -0.501. The van der Waals surface area contributed by atoms with E-state index in [4.69, 9.17) is 102 Å². The maximum Gasteiger partial charge on any atom is 0.247 e. The van der Waals surface area contributed by atoms with Crippen molar-refractivity contribution in [3.63, 3.8) is 0 Å². The van der Waals surface area contributed by atoms with Crippen LogP contribution in [0.4, 0.5) is 17.1 Å². The summed E-state index contributed by atoms with van der Waals surface area (Å²) in [6.07, 6.45) is 17.0. The summed E-state index contributed by atoms with van der Waals surface area (Å²) in [5, 5.41) is 23.5.